The van der Waals surface area contributed by atoms with E-state index in [2.05, 4.69) is 5.16 Å². The van der Waals surface area contributed by atoms with Gasteiger partial charge in [-0.2, -0.15) is 4.39 Å². The van der Waals surface area contributed by atoms with Gasteiger partial charge in [0.1, 0.15) is 0 Å². The highest BCUT2D eigenvalue weighted by atomic mass is 19.1. The molecule has 0 heterocycles. The number of hydrogen-bond acceptors (Lipinski definition) is 2. The Morgan fingerprint density at radius 2 is 2.20 bits per heavy atom. The van der Waals surface area contributed by atoms with Gasteiger partial charge in [0, 0.05) is 6.92 Å². The second-order valence-electron chi connectivity index (χ2n) is 0.597. The summed E-state index contributed by atoms with van der Waals surface area (Å²) in [7, 11) is 0. The third kappa shape index (κ3) is 3.40. The van der Waals surface area contributed by atoms with Crippen molar-refractivity contribution < 1.29 is 9.60 Å². The van der Waals surface area contributed by atoms with Gasteiger partial charge < -0.3 is 5.21 Å². The normalized spacial score (nSPS) is 12.0. The molecule has 0 spiro atoms. The Hall–Kier alpha value is -0.600. The van der Waals surface area contributed by atoms with Gasteiger partial charge in [-0.3, -0.25) is 0 Å². The van der Waals surface area contributed by atoms with Crippen LogP contribution < -0.4 is 0 Å². The zero-order valence-corrected chi connectivity index (χ0v) is 2.77. The third-order valence-electron chi connectivity index (χ3n) is 0.138. The predicted octanol–water partition coefficient (Wildman–Crippen LogP) is 0.764. The summed E-state index contributed by atoms with van der Waals surface area (Å²) in [6, 6.07) is 0. The van der Waals surface area contributed by atoms with Crippen LogP contribution in [-0.2, 0) is 0 Å². The molecule has 0 aliphatic heterocycles. The summed E-state index contributed by atoms with van der Waals surface area (Å²) < 4.78 is 10.9. The molecule has 0 saturated carbocycles. The molecule has 0 amide bonds. The monoisotopic (exact) mass is 77.0 g/mol. The molecule has 0 rings (SSSR count). The van der Waals surface area contributed by atoms with Gasteiger partial charge in [0.25, 0.3) is 0 Å². The molecule has 0 atom stereocenters. The van der Waals surface area contributed by atoms with Crippen molar-refractivity contribution in [1.82, 2.24) is 0 Å². The zero-order chi connectivity index (χ0) is 4.28. The first-order valence-electron chi connectivity index (χ1n) is 1.11. The van der Waals surface area contributed by atoms with Gasteiger partial charge in [-0.05, 0) is 0 Å². The van der Waals surface area contributed by atoms with Gasteiger partial charge in [-0.1, -0.05) is 5.16 Å². The van der Waals surface area contributed by atoms with E-state index in [9.17, 15) is 4.39 Å². The van der Waals surface area contributed by atoms with Gasteiger partial charge in [0.15, 0.2) is 0 Å². The van der Waals surface area contributed by atoms with E-state index in [0.717, 1.165) is 6.92 Å². The van der Waals surface area contributed by atoms with Crippen LogP contribution in [0.4, 0.5) is 4.39 Å². The van der Waals surface area contributed by atoms with E-state index < -0.39 is 5.97 Å². The first-order valence-corrected chi connectivity index (χ1v) is 1.11. The molecule has 1 N–H and O–H groups in total. The van der Waals surface area contributed by atoms with Crippen molar-refractivity contribution >= 4 is 5.97 Å². The predicted molar refractivity (Wildman–Crippen MR) is 16.0 cm³/mol. The van der Waals surface area contributed by atoms with E-state index in [1.807, 2.05) is 0 Å². The summed E-state index contributed by atoms with van der Waals surface area (Å²) in [5.74, 6) is -0.815. The van der Waals surface area contributed by atoms with Crippen molar-refractivity contribution in [3.8, 4) is 0 Å². The van der Waals surface area contributed by atoms with Crippen LogP contribution in [0.25, 0.3) is 0 Å². The van der Waals surface area contributed by atoms with Gasteiger partial charge in [-0.15, -0.1) is 0 Å². The van der Waals surface area contributed by atoms with Crippen LogP contribution in [0.3, 0.4) is 0 Å². The van der Waals surface area contributed by atoms with Crippen LogP contribution in [0.1, 0.15) is 6.92 Å². The van der Waals surface area contributed by atoms with Crippen LogP contribution in [0.15, 0.2) is 5.16 Å². The number of hydrogen-bond donors (Lipinski definition) is 1. The van der Waals surface area contributed by atoms with Gasteiger partial charge in [-0.25, -0.2) is 0 Å². The minimum atomic E-state index is -0.815. The average molecular weight is 77.1 g/mol. The van der Waals surface area contributed by atoms with E-state index in [1.165, 1.54) is 0 Å². The van der Waals surface area contributed by atoms with Crippen molar-refractivity contribution in [2.45, 2.75) is 6.92 Å². The lowest BCUT2D eigenvalue weighted by molar-refractivity contribution is 0.311. The SMILES string of the molecule is C/C(F)=N/O. The van der Waals surface area contributed by atoms with E-state index in [-0.39, 0.29) is 0 Å². The Kier molecular flexibility index (Phi) is 1.49. The second kappa shape index (κ2) is 1.69. The Balaban J connectivity index is 3.14. The summed E-state index contributed by atoms with van der Waals surface area (Å²) >= 11 is 0. The summed E-state index contributed by atoms with van der Waals surface area (Å²) in [5.41, 5.74) is 0. The highest BCUT2D eigenvalue weighted by molar-refractivity contribution is 5.70. The Morgan fingerprint density at radius 3 is 2.20 bits per heavy atom. The first-order chi connectivity index (χ1) is 2.27. The lowest BCUT2D eigenvalue weighted by Crippen LogP contribution is -1.71. The molecule has 5 heavy (non-hydrogen) atoms. The second-order valence-corrected chi connectivity index (χ2v) is 0.597. The summed E-state index contributed by atoms with van der Waals surface area (Å²) in [6.45, 7) is 1.06. The van der Waals surface area contributed by atoms with Crippen LogP contribution in [0, 0.1) is 0 Å². The molecule has 0 aromatic heterocycles. The fourth-order valence-electron chi connectivity index (χ4n) is 0. The molecule has 0 aliphatic rings. The maximum absolute atomic E-state index is 10.9. The molecule has 0 aromatic carbocycles. The van der Waals surface area contributed by atoms with Gasteiger partial charge in [0.05, 0.1) is 0 Å². The standard InChI is InChI=1S/C2H4FNO/c1-2(3)4-5/h5H,1H3/b4-2-. The highest BCUT2D eigenvalue weighted by Gasteiger charge is 1.72. The molecule has 3 heteroatoms. The maximum atomic E-state index is 10.9. The van der Waals surface area contributed by atoms with E-state index in [4.69, 9.17) is 5.21 Å². The van der Waals surface area contributed by atoms with Crippen molar-refractivity contribution in [2.75, 3.05) is 0 Å². The molecule has 0 aromatic rings. The zero-order valence-electron chi connectivity index (χ0n) is 2.77. The number of halogens is 1. The number of nitrogens with zero attached hydrogens (tertiary/aromatic N) is 1. The Morgan fingerprint density at radius 1 is 2.00 bits per heavy atom. The molecule has 2 nitrogen and oxygen atoms in total. The molecule has 30 valence electrons. The molecular formula is C2H4FNO. The van der Waals surface area contributed by atoms with Crippen molar-refractivity contribution in [1.29, 1.82) is 0 Å². The number of oxime groups is 1. The minimum Gasteiger partial charge on any atom is -0.409 e. The molecule has 0 bridgehead atoms. The first kappa shape index (κ1) is 4.40. The molecule has 0 saturated heterocycles. The van der Waals surface area contributed by atoms with Crippen molar-refractivity contribution in [3.05, 3.63) is 0 Å². The van der Waals surface area contributed by atoms with Crippen LogP contribution in [0.5, 0.6) is 0 Å². The fourth-order valence-corrected chi connectivity index (χ4v) is 0. The highest BCUT2D eigenvalue weighted by Crippen LogP contribution is 1.68. The lowest BCUT2D eigenvalue weighted by Gasteiger charge is -1.67. The van der Waals surface area contributed by atoms with Crippen molar-refractivity contribution in [3.63, 3.8) is 0 Å². The maximum Gasteiger partial charge on any atom is 0.223 e. The molecule has 0 aliphatic carbocycles. The number of rotatable bonds is 0. The minimum absolute atomic E-state index is 0.815. The molecule has 0 radical (unpaired) electrons. The molecule has 0 fully saturated rings. The summed E-state index contributed by atoms with van der Waals surface area (Å²) in [5, 5.41) is 9.50. The van der Waals surface area contributed by atoms with Crippen molar-refractivity contribution in [2.24, 2.45) is 5.16 Å². The summed E-state index contributed by atoms with van der Waals surface area (Å²) in [4.78, 5) is 0. The van der Waals surface area contributed by atoms with E-state index >= 15 is 0 Å². The van der Waals surface area contributed by atoms with E-state index in [1.54, 1.807) is 0 Å². The van der Waals surface area contributed by atoms with Gasteiger partial charge in [0.2, 0.25) is 5.97 Å². The fraction of sp³-hybridized carbons (Fsp3) is 0.500. The van der Waals surface area contributed by atoms with Crippen LogP contribution in [-0.4, -0.2) is 11.2 Å². The van der Waals surface area contributed by atoms with E-state index in [0.29, 0.717) is 0 Å². The Labute approximate surface area is 28.9 Å². The van der Waals surface area contributed by atoms with Gasteiger partial charge >= 0.3 is 0 Å². The quantitative estimate of drug-likeness (QED) is 0.258. The molecule has 0 unspecified atom stereocenters. The average Bonchev–Trinajstić information content (AvgIpc) is 1.38. The largest absolute Gasteiger partial charge is 0.409 e. The lowest BCUT2D eigenvalue weighted by atomic mass is 10.9. The smallest absolute Gasteiger partial charge is 0.223 e. The van der Waals surface area contributed by atoms with Crippen LogP contribution >= 0.6 is 0 Å². The topological polar surface area (TPSA) is 32.6 Å². The molecular weight excluding hydrogens is 73.0 g/mol. The van der Waals surface area contributed by atoms with Crippen LogP contribution in [0.2, 0.25) is 0 Å². The third-order valence-corrected chi connectivity index (χ3v) is 0.138. The Bertz CT molecular complexity index is 47.6. The summed E-state index contributed by atoms with van der Waals surface area (Å²) in [6.07, 6.45) is 0.